The van der Waals surface area contributed by atoms with Gasteiger partial charge in [-0.2, -0.15) is 0 Å². The van der Waals surface area contributed by atoms with Gasteiger partial charge in [-0.1, -0.05) is 127 Å². The number of nitrogens with zero attached hydrogens (tertiary/aromatic N) is 2. The summed E-state index contributed by atoms with van der Waals surface area (Å²) in [6, 6.07) is 45.0. The number of hydrogen-bond donors (Lipinski definition) is 0. The number of benzene rings is 5. The van der Waals surface area contributed by atoms with Crippen molar-refractivity contribution in [2.24, 2.45) is 0 Å². The van der Waals surface area contributed by atoms with Crippen LogP contribution < -0.4 is 9.80 Å². The molecule has 4 atom stereocenters. The van der Waals surface area contributed by atoms with Crippen LogP contribution in [0.4, 0.5) is 22.7 Å². The summed E-state index contributed by atoms with van der Waals surface area (Å²) in [6.07, 6.45) is 18.4. The Kier molecular flexibility index (Phi) is 5.80. The van der Waals surface area contributed by atoms with Gasteiger partial charge in [-0.3, -0.25) is 0 Å². The number of rotatable bonds is 4. The van der Waals surface area contributed by atoms with E-state index in [1.807, 2.05) is 0 Å². The molecule has 4 aliphatic rings. The maximum absolute atomic E-state index is 2.60. The molecule has 0 bridgehead atoms. The molecule has 0 amide bonds. The molecule has 5 aromatic rings. The smallest absolute Gasteiger partial charge is 0.0629 e. The van der Waals surface area contributed by atoms with Crippen LogP contribution in [0, 0.1) is 0 Å². The van der Waals surface area contributed by atoms with Gasteiger partial charge in [0.15, 0.2) is 0 Å². The van der Waals surface area contributed by atoms with Crippen LogP contribution in [0.1, 0.15) is 23.0 Å². The molecule has 2 heterocycles. The number of anilines is 4. The van der Waals surface area contributed by atoms with Crippen LogP contribution in [-0.2, 0) is 0 Å². The molecule has 2 aliphatic heterocycles. The largest absolute Gasteiger partial charge is 0.333 e. The van der Waals surface area contributed by atoms with Crippen molar-refractivity contribution in [3.05, 3.63) is 181 Å². The van der Waals surface area contributed by atoms with Crippen LogP contribution in [0.3, 0.4) is 0 Å². The first-order chi connectivity index (χ1) is 21.8. The summed E-state index contributed by atoms with van der Waals surface area (Å²) in [4.78, 5) is 5.14. The zero-order valence-electron chi connectivity index (χ0n) is 24.4. The van der Waals surface area contributed by atoms with Crippen LogP contribution in [0.25, 0.3) is 22.3 Å². The maximum atomic E-state index is 2.60. The molecule has 2 aliphatic carbocycles. The zero-order chi connectivity index (χ0) is 29.0. The maximum Gasteiger partial charge on any atom is 0.0629 e. The topological polar surface area (TPSA) is 6.48 Å². The van der Waals surface area contributed by atoms with Gasteiger partial charge in [-0.25, -0.2) is 0 Å². The third kappa shape index (κ3) is 3.95. The van der Waals surface area contributed by atoms with Gasteiger partial charge >= 0.3 is 0 Å². The van der Waals surface area contributed by atoms with E-state index in [4.69, 9.17) is 0 Å². The molecule has 0 aromatic heterocycles. The third-order valence-electron chi connectivity index (χ3n) is 9.67. The average molecular weight is 565 g/mol. The summed E-state index contributed by atoms with van der Waals surface area (Å²) in [5.41, 5.74) is 12.8. The second-order valence-electron chi connectivity index (χ2n) is 12.1. The predicted octanol–water partition coefficient (Wildman–Crippen LogP) is 10.5. The molecule has 44 heavy (non-hydrogen) atoms. The van der Waals surface area contributed by atoms with E-state index in [0.717, 1.165) is 0 Å². The molecule has 4 unspecified atom stereocenters. The van der Waals surface area contributed by atoms with Gasteiger partial charge in [0.1, 0.15) is 0 Å². The van der Waals surface area contributed by atoms with Crippen LogP contribution in [-0.4, -0.2) is 12.1 Å². The van der Waals surface area contributed by atoms with E-state index in [2.05, 4.69) is 180 Å². The monoisotopic (exact) mass is 564 g/mol. The minimum absolute atomic E-state index is 0.218. The van der Waals surface area contributed by atoms with E-state index in [0.29, 0.717) is 5.92 Å². The molecule has 0 radical (unpaired) electrons. The molecule has 9 rings (SSSR count). The van der Waals surface area contributed by atoms with Crippen LogP contribution in [0.5, 0.6) is 0 Å². The number of hydrogen-bond acceptors (Lipinski definition) is 2. The van der Waals surface area contributed by atoms with E-state index in [1.165, 1.54) is 56.1 Å². The fourth-order valence-electron chi connectivity index (χ4n) is 7.70. The lowest BCUT2D eigenvalue weighted by Crippen LogP contribution is -2.29. The van der Waals surface area contributed by atoms with Gasteiger partial charge in [-0.05, 0) is 75.8 Å². The zero-order valence-corrected chi connectivity index (χ0v) is 24.4. The van der Waals surface area contributed by atoms with Crippen LogP contribution >= 0.6 is 0 Å². The van der Waals surface area contributed by atoms with Gasteiger partial charge in [0.05, 0.1) is 12.1 Å². The van der Waals surface area contributed by atoms with Crippen molar-refractivity contribution in [1.82, 2.24) is 0 Å². The summed E-state index contributed by atoms with van der Waals surface area (Å²) >= 11 is 0. The molecule has 0 saturated carbocycles. The predicted molar refractivity (Wildman–Crippen MR) is 184 cm³/mol. The van der Waals surface area contributed by atoms with Crippen molar-refractivity contribution in [3.63, 3.8) is 0 Å². The fraction of sp³-hybridized carbons (Fsp3) is 0.0952. The van der Waals surface area contributed by atoms with Gasteiger partial charge < -0.3 is 9.80 Å². The van der Waals surface area contributed by atoms with Crippen molar-refractivity contribution in [1.29, 1.82) is 0 Å². The molecule has 0 spiro atoms. The Balaban J connectivity index is 1.25. The molecule has 0 N–H and O–H groups in total. The summed E-state index contributed by atoms with van der Waals surface area (Å²) in [5.74, 6) is 0.596. The lowest BCUT2D eigenvalue weighted by atomic mass is 9.88. The molecule has 2 nitrogen and oxygen atoms in total. The van der Waals surface area contributed by atoms with Gasteiger partial charge in [-0.15, -0.1) is 0 Å². The minimum atomic E-state index is 0.218. The SMILES string of the molecule is C1=CC2c3cc4c(cc3N(c3ccccc3)C2C=C1)C1C=CC=CC1N4c1cc(-c2ccccc2)cc(-c2ccccc2)c1. The van der Waals surface area contributed by atoms with Crippen molar-refractivity contribution in [2.45, 2.75) is 23.9 Å². The fourth-order valence-corrected chi connectivity index (χ4v) is 7.70. The summed E-state index contributed by atoms with van der Waals surface area (Å²) in [5, 5.41) is 0. The Labute approximate surface area is 259 Å². The molecule has 0 fully saturated rings. The quantitative estimate of drug-likeness (QED) is 0.214. The number of fused-ring (bicyclic) bond motifs is 6. The van der Waals surface area contributed by atoms with Crippen molar-refractivity contribution in [2.75, 3.05) is 9.80 Å². The van der Waals surface area contributed by atoms with Gasteiger partial charge in [0.2, 0.25) is 0 Å². The molecular weight excluding hydrogens is 532 g/mol. The highest BCUT2D eigenvalue weighted by Gasteiger charge is 2.43. The summed E-state index contributed by atoms with van der Waals surface area (Å²) < 4.78 is 0. The lowest BCUT2D eigenvalue weighted by molar-refractivity contribution is 0.737. The minimum Gasteiger partial charge on any atom is -0.333 e. The first kappa shape index (κ1) is 25.2. The standard InChI is InChI=1S/C42H32N2/c1-4-14-29(15-5-1)31-24-32(30-16-6-2-7-17-30)26-34(25-31)44-40-23-13-11-21-36(40)38-27-41-37(28-42(38)44)35-20-10-12-22-39(35)43(41)33-18-8-3-9-19-33/h1-28,35-36,39-40H. The Hall–Kier alpha value is -5.34. The Morgan fingerprint density at radius 1 is 0.364 bits per heavy atom. The second-order valence-corrected chi connectivity index (χ2v) is 12.1. The Morgan fingerprint density at radius 2 is 0.795 bits per heavy atom. The average Bonchev–Trinajstić information content (AvgIpc) is 3.60. The molecule has 5 aromatic carbocycles. The van der Waals surface area contributed by atoms with Crippen LogP contribution in [0.15, 0.2) is 170 Å². The van der Waals surface area contributed by atoms with E-state index >= 15 is 0 Å². The highest BCUT2D eigenvalue weighted by Crippen LogP contribution is 2.55. The first-order valence-corrected chi connectivity index (χ1v) is 15.6. The van der Waals surface area contributed by atoms with E-state index in [9.17, 15) is 0 Å². The Bertz CT molecular complexity index is 1930. The lowest BCUT2D eigenvalue weighted by Gasteiger charge is -2.30. The van der Waals surface area contributed by atoms with Gasteiger partial charge in [0.25, 0.3) is 0 Å². The van der Waals surface area contributed by atoms with Crippen molar-refractivity contribution in [3.8, 4) is 22.3 Å². The molecule has 2 heteroatoms. The second kappa shape index (κ2) is 10.1. The number of para-hydroxylation sites is 1. The highest BCUT2D eigenvalue weighted by molar-refractivity contribution is 5.87. The molecular formula is C42H32N2. The van der Waals surface area contributed by atoms with E-state index in [1.54, 1.807) is 0 Å². The van der Waals surface area contributed by atoms with Crippen molar-refractivity contribution < 1.29 is 0 Å². The number of allylic oxidation sites excluding steroid dienone is 4. The summed E-state index contributed by atoms with van der Waals surface area (Å²) in [6.45, 7) is 0. The van der Waals surface area contributed by atoms with Crippen LogP contribution in [0.2, 0.25) is 0 Å². The molecule has 0 saturated heterocycles. The highest BCUT2D eigenvalue weighted by atomic mass is 15.2. The Morgan fingerprint density at radius 3 is 1.30 bits per heavy atom. The van der Waals surface area contributed by atoms with E-state index < -0.39 is 0 Å². The first-order valence-electron chi connectivity index (χ1n) is 15.6. The van der Waals surface area contributed by atoms with Crippen molar-refractivity contribution >= 4 is 22.7 Å². The normalized spacial score (nSPS) is 22.1. The molecule has 210 valence electrons. The van der Waals surface area contributed by atoms with E-state index in [-0.39, 0.29) is 18.0 Å². The van der Waals surface area contributed by atoms with Gasteiger partial charge in [0, 0.05) is 34.6 Å². The third-order valence-corrected chi connectivity index (χ3v) is 9.67. The summed E-state index contributed by atoms with van der Waals surface area (Å²) in [7, 11) is 0.